The van der Waals surface area contributed by atoms with Crippen LogP contribution < -0.4 is 0 Å². The van der Waals surface area contributed by atoms with Gasteiger partial charge >= 0.3 is 0 Å². The Morgan fingerprint density at radius 2 is 2.33 bits per heavy atom. The highest BCUT2D eigenvalue weighted by molar-refractivity contribution is 4.79. The SMILES string of the molecule is CC=CCCC1CCCC(O)O1. The van der Waals surface area contributed by atoms with E-state index >= 15 is 0 Å². The van der Waals surface area contributed by atoms with Gasteiger partial charge in [0.15, 0.2) is 6.29 Å². The van der Waals surface area contributed by atoms with Crippen LogP contribution in [0.2, 0.25) is 0 Å². The van der Waals surface area contributed by atoms with Crippen LogP contribution in [0.3, 0.4) is 0 Å². The predicted molar refractivity (Wildman–Crippen MR) is 48.8 cm³/mol. The predicted octanol–water partition coefficient (Wildman–Crippen LogP) is 2.23. The van der Waals surface area contributed by atoms with Gasteiger partial charge < -0.3 is 9.84 Å². The number of hydrogen-bond donors (Lipinski definition) is 1. The third kappa shape index (κ3) is 3.37. The maximum atomic E-state index is 9.20. The standard InChI is InChI=1S/C10H18O2/c1-2-3-4-6-9-7-5-8-10(11)12-9/h2-3,9-11H,4-8H2,1H3. The largest absolute Gasteiger partial charge is 0.368 e. The average Bonchev–Trinajstić information content (AvgIpc) is 2.05. The van der Waals surface area contributed by atoms with Gasteiger partial charge in [0.05, 0.1) is 6.10 Å². The molecule has 0 saturated carbocycles. The molecule has 1 heterocycles. The molecule has 2 heteroatoms. The van der Waals surface area contributed by atoms with E-state index in [1.807, 2.05) is 6.92 Å². The topological polar surface area (TPSA) is 29.5 Å². The molecule has 0 aliphatic carbocycles. The number of aliphatic hydroxyl groups is 1. The van der Waals surface area contributed by atoms with E-state index in [1.165, 1.54) is 0 Å². The van der Waals surface area contributed by atoms with Gasteiger partial charge in [0.2, 0.25) is 0 Å². The van der Waals surface area contributed by atoms with Crippen LogP contribution >= 0.6 is 0 Å². The maximum Gasteiger partial charge on any atom is 0.154 e. The van der Waals surface area contributed by atoms with E-state index in [2.05, 4.69) is 12.2 Å². The van der Waals surface area contributed by atoms with E-state index in [0.29, 0.717) is 0 Å². The Kier molecular flexibility index (Phi) is 4.33. The number of ether oxygens (including phenoxy) is 1. The molecule has 1 aliphatic rings. The first-order valence-electron chi connectivity index (χ1n) is 4.77. The molecule has 1 saturated heterocycles. The lowest BCUT2D eigenvalue weighted by Gasteiger charge is -2.26. The van der Waals surface area contributed by atoms with Crippen LogP contribution in [-0.4, -0.2) is 17.5 Å². The molecule has 1 aliphatic heterocycles. The summed E-state index contributed by atoms with van der Waals surface area (Å²) in [5.74, 6) is 0. The molecule has 2 unspecified atom stereocenters. The van der Waals surface area contributed by atoms with E-state index in [0.717, 1.165) is 32.1 Å². The molecule has 2 nitrogen and oxygen atoms in total. The van der Waals surface area contributed by atoms with Crippen LogP contribution in [0.1, 0.15) is 39.0 Å². The lowest BCUT2D eigenvalue weighted by atomic mass is 10.0. The lowest BCUT2D eigenvalue weighted by molar-refractivity contribution is -0.163. The summed E-state index contributed by atoms with van der Waals surface area (Å²) in [6.45, 7) is 2.02. The second-order valence-corrected chi connectivity index (χ2v) is 3.29. The van der Waals surface area contributed by atoms with Crippen LogP contribution in [0.25, 0.3) is 0 Å². The molecule has 1 rings (SSSR count). The van der Waals surface area contributed by atoms with Crippen molar-refractivity contribution in [3.63, 3.8) is 0 Å². The minimum Gasteiger partial charge on any atom is -0.368 e. The van der Waals surface area contributed by atoms with E-state index < -0.39 is 6.29 Å². The van der Waals surface area contributed by atoms with Crippen molar-refractivity contribution in [2.45, 2.75) is 51.4 Å². The van der Waals surface area contributed by atoms with Gasteiger partial charge in [-0.1, -0.05) is 12.2 Å². The van der Waals surface area contributed by atoms with Gasteiger partial charge in [-0.15, -0.1) is 0 Å². The molecule has 0 aromatic carbocycles. The van der Waals surface area contributed by atoms with Gasteiger partial charge in [0, 0.05) is 0 Å². The van der Waals surface area contributed by atoms with Gasteiger partial charge in [0.25, 0.3) is 0 Å². The number of hydrogen-bond acceptors (Lipinski definition) is 2. The van der Waals surface area contributed by atoms with Crippen molar-refractivity contribution in [3.8, 4) is 0 Å². The monoisotopic (exact) mass is 170 g/mol. The molecule has 0 spiro atoms. The fraction of sp³-hybridized carbons (Fsp3) is 0.800. The lowest BCUT2D eigenvalue weighted by Crippen LogP contribution is -2.26. The Labute approximate surface area is 74.2 Å². The van der Waals surface area contributed by atoms with Gasteiger partial charge in [-0.2, -0.15) is 0 Å². The molecule has 1 N–H and O–H groups in total. The molecular formula is C10H18O2. The molecule has 12 heavy (non-hydrogen) atoms. The summed E-state index contributed by atoms with van der Waals surface area (Å²) in [6.07, 6.45) is 9.09. The zero-order valence-electron chi connectivity index (χ0n) is 7.70. The van der Waals surface area contributed by atoms with Crippen molar-refractivity contribution >= 4 is 0 Å². The summed E-state index contributed by atoms with van der Waals surface area (Å²) in [6, 6.07) is 0. The molecule has 0 aromatic heterocycles. The van der Waals surface area contributed by atoms with Gasteiger partial charge in [-0.3, -0.25) is 0 Å². The van der Waals surface area contributed by atoms with Crippen LogP contribution in [0.5, 0.6) is 0 Å². The fourth-order valence-electron chi connectivity index (χ4n) is 1.54. The van der Waals surface area contributed by atoms with Crippen molar-refractivity contribution in [3.05, 3.63) is 12.2 Å². The fourth-order valence-corrected chi connectivity index (χ4v) is 1.54. The Bertz CT molecular complexity index is 143. The van der Waals surface area contributed by atoms with Crippen LogP contribution in [0.15, 0.2) is 12.2 Å². The number of aliphatic hydroxyl groups excluding tert-OH is 1. The smallest absolute Gasteiger partial charge is 0.154 e. The normalized spacial score (nSPS) is 31.2. The van der Waals surface area contributed by atoms with Crippen molar-refractivity contribution in [2.24, 2.45) is 0 Å². The van der Waals surface area contributed by atoms with E-state index in [9.17, 15) is 5.11 Å². The molecule has 1 fully saturated rings. The molecule has 2 atom stereocenters. The van der Waals surface area contributed by atoms with Gasteiger partial charge in [-0.25, -0.2) is 0 Å². The third-order valence-corrected chi connectivity index (χ3v) is 2.22. The first-order valence-corrected chi connectivity index (χ1v) is 4.77. The van der Waals surface area contributed by atoms with Crippen molar-refractivity contribution in [2.75, 3.05) is 0 Å². The van der Waals surface area contributed by atoms with E-state index in [-0.39, 0.29) is 6.10 Å². The summed E-state index contributed by atoms with van der Waals surface area (Å²) < 4.78 is 5.35. The quantitative estimate of drug-likeness (QED) is 0.658. The Balaban J connectivity index is 2.14. The number of allylic oxidation sites excluding steroid dienone is 2. The summed E-state index contributed by atoms with van der Waals surface area (Å²) >= 11 is 0. The van der Waals surface area contributed by atoms with Crippen molar-refractivity contribution < 1.29 is 9.84 Å². The Morgan fingerprint density at radius 1 is 1.50 bits per heavy atom. The van der Waals surface area contributed by atoms with E-state index in [1.54, 1.807) is 0 Å². The Morgan fingerprint density at radius 3 is 3.00 bits per heavy atom. The van der Waals surface area contributed by atoms with Crippen LogP contribution in [0, 0.1) is 0 Å². The van der Waals surface area contributed by atoms with Crippen LogP contribution in [0.4, 0.5) is 0 Å². The summed E-state index contributed by atoms with van der Waals surface area (Å²) in [5.41, 5.74) is 0. The molecule has 0 radical (unpaired) electrons. The molecule has 0 aromatic rings. The Hall–Kier alpha value is -0.340. The molecular weight excluding hydrogens is 152 g/mol. The summed E-state index contributed by atoms with van der Waals surface area (Å²) in [5, 5.41) is 9.20. The first-order chi connectivity index (χ1) is 5.83. The van der Waals surface area contributed by atoms with Crippen molar-refractivity contribution in [1.29, 1.82) is 0 Å². The van der Waals surface area contributed by atoms with Crippen LogP contribution in [-0.2, 0) is 4.74 Å². The van der Waals surface area contributed by atoms with E-state index in [4.69, 9.17) is 4.74 Å². The summed E-state index contributed by atoms with van der Waals surface area (Å²) in [4.78, 5) is 0. The first kappa shape index (κ1) is 9.75. The highest BCUT2D eigenvalue weighted by atomic mass is 16.6. The third-order valence-electron chi connectivity index (χ3n) is 2.22. The minimum absolute atomic E-state index is 0.282. The molecule has 70 valence electrons. The minimum atomic E-state index is -0.505. The van der Waals surface area contributed by atoms with Gasteiger partial charge in [-0.05, 0) is 39.0 Å². The zero-order valence-corrected chi connectivity index (χ0v) is 7.70. The highest BCUT2D eigenvalue weighted by Crippen LogP contribution is 2.20. The zero-order chi connectivity index (χ0) is 8.81. The maximum absolute atomic E-state index is 9.20. The average molecular weight is 170 g/mol. The summed E-state index contributed by atoms with van der Waals surface area (Å²) in [7, 11) is 0. The highest BCUT2D eigenvalue weighted by Gasteiger charge is 2.19. The number of rotatable bonds is 3. The molecule has 0 bridgehead atoms. The van der Waals surface area contributed by atoms with Gasteiger partial charge in [0.1, 0.15) is 0 Å². The second-order valence-electron chi connectivity index (χ2n) is 3.29. The second kappa shape index (κ2) is 5.33. The van der Waals surface area contributed by atoms with Crippen molar-refractivity contribution in [1.82, 2.24) is 0 Å². The molecule has 0 amide bonds.